The molecule has 1 aromatic heterocycles. The first-order valence-corrected chi connectivity index (χ1v) is 6.19. The Hall–Kier alpha value is -2.22. The molecule has 0 aliphatic rings. The molecule has 20 heavy (non-hydrogen) atoms. The molecule has 1 aromatic carbocycles. The second kappa shape index (κ2) is 5.41. The Labute approximate surface area is 120 Å². The first-order valence-electron chi connectivity index (χ1n) is 5.40. The Balaban J connectivity index is 2.28. The van der Waals surface area contributed by atoms with Crippen LogP contribution in [0.2, 0.25) is 0 Å². The lowest BCUT2D eigenvalue weighted by molar-refractivity contribution is -0.387. The van der Waals surface area contributed by atoms with Crippen molar-refractivity contribution in [1.29, 1.82) is 0 Å². The molecule has 1 N–H and O–H groups in total. The van der Waals surface area contributed by atoms with E-state index in [4.69, 9.17) is 5.11 Å². The number of hydrogen-bond acceptors (Lipinski definition) is 3. The number of nitro benzene ring substituents is 1. The fourth-order valence-corrected chi connectivity index (χ4v) is 2.18. The van der Waals surface area contributed by atoms with Gasteiger partial charge in [-0.3, -0.25) is 10.1 Å². The predicted octanol–water partition coefficient (Wildman–Crippen LogP) is 3.04. The molecule has 1 heterocycles. The molecular weight excluding hydrogens is 335 g/mol. The van der Waals surface area contributed by atoms with Gasteiger partial charge < -0.3 is 9.67 Å². The second-order valence-corrected chi connectivity index (χ2v) is 4.84. The van der Waals surface area contributed by atoms with Crippen molar-refractivity contribution in [1.82, 2.24) is 4.57 Å². The predicted molar refractivity (Wildman–Crippen MR) is 71.2 cm³/mol. The van der Waals surface area contributed by atoms with E-state index in [1.807, 2.05) is 0 Å². The fourth-order valence-electron chi connectivity index (χ4n) is 1.71. The van der Waals surface area contributed by atoms with Crippen LogP contribution in [-0.2, 0) is 6.54 Å². The van der Waals surface area contributed by atoms with Gasteiger partial charge in [-0.2, -0.15) is 4.39 Å². The van der Waals surface area contributed by atoms with Gasteiger partial charge in [0.25, 0.3) is 0 Å². The number of nitrogens with zero attached hydrogens (tertiary/aromatic N) is 2. The third-order valence-electron chi connectivity index (χ3n) is 2.65. The Morgan fingerprint density at radius 1 is 1.45 bits per heavy atom. The number of hydrogen-bond donors (Lipinski definition) is 1. The Morgan fingerprint density at radius 2 is 2.15 bits per heavy atom. The van der Waals surface area contributed by atoms with Crippen LogP contribution < -0.4 is 0 Å². The molecule has 6 nitrogen and oxygen atoms in total. The highest BCUT2D eigenvalue weighted by Crippen LogP contribution is 2.21. The van der Waals surface area contributed by atoms with Crippen molar-refractivity contribution >= 4 is 27.6 Å². The number of carbonyl (C=O) groups is 1. The number of halogens is 2. The molecule has 2 rings (SSSR count). The molecule has 0 spiro atoms. The number of carboxylic acids is 1. The SMILES string of the molecule is O=C(O)c1cc(Br)n(Cc2ccc([N+](=O)[O-])c(F)c2)c1. The van der Waals surface area contributed by atoms with Crippen LogP contribution >= 0.6 is 15.9 Å². The zero-order chi connectivity index (χ0) is 14.9. The monoisotopic (exact) mass is 342 g/mol. The molecule has 0 fully saturated rings. The van der Waals surface area contributed by atoms with Crippen molar-refractivity contribution in [2.24, 2.45) is 0 Å². The van der Waals surface area contributed by atoms with E-state index in [0.29, 0.717) is 10.2 Å². The van der Waals surface area contributed by atoms with E-state index >= 15 is 0 Å². The minimum atomic E-state index is -1.07. The first kappa shape index (κ1) is 14.2. The molecule has 0 saturated heterocycles. The fraction of sp³-hybridized carbons (Fsp3) is 0.0833. The third-order valence-corrected chi connectivity index (χ3v) is 3.34. The number of benzene rings is 1. The molecule has 0 atom stereocenters. The summed E-state index contributed by atoms with van der Waals surface area (Å²) in [6.07, 6.45) is 1.39. The van der Waals surface area contributed by atoms with Gasteiger partial charge in [0.1, 0.15) is 0 Å². The summed E-state index contributed by atoms with van der Waals surface area (Å²) in [6.45, 7) is 0.197. The van der Waals surface area contributed by atoms with Crippen LogP contribution in [0.1, 0.15) is 15.9 Å². The van der Waals surface area contributed by atoms with Crippen molar-refractivity contribution in [2.75, 3.05) is 0 Å². The number of aromatic nitrogens is 1. The van der Waals surface area contributed by atoms with E-state index in [0.717, 1.165) is 12.1 Å². The van der Waals surface area contributed by atoms with E-state index in [1.165, 1.54) is 18.3 Å². The highest BCUT2D eigenvalue weighted by atomic mass is 79.9. The zero-order valence-corrected chi connectivity index (χ0v) is 11.5. The lowest BCUT2D eigenvalue weighted by atomic mass is 10.2. The number of nitro groups is 1. The maximum absolute atomic E-state index is 13.5. The van der Waals surface area contributed by atoms with Crippen LogP contribution in [0.25, 0.3) is 0 Å². The summed E-state index contributed by atoms with van der Waals surface area (Å²) in [5.74, 6) is -1.99. The minimum Gasteiger partial charge on any atom is -0.478 e. The summed E-state index contributed by atoms with van der Waals surface area (Å²) in [7, 11) is 0. The van der Waals surface area contributed by atoms with Crippen molar-refractivity contribution in [3.63, 3.8) is 0 Å². The molecule has 104 valence electrons. The lowest BCUT2D eigenvalue weighted by Crippen LogP contribution is -2.01. The molecule has 2 aromatic rings. The van der Waals surface area contributed by atoms with Gasteiger partial charge in [0.15, 0.2) is 0 Å². The maximum Gasteiger partial charge on any atom is 0.337 e. The molecule has 0 unspecified atom stereocenters. The average molecular weight is 343 g/mol. The summed E-state index contributed by atoms with van der Waals surface area (Å²) in [5, 5.41) is 19.4. The third kappa shape index (κ3) is 2.85. The summed E-state index contributed by atoms with van der Waals surface area (Å²) in [6, 6.07) is 4.99. The standard InChI is InChI=1S/C12H8BrFN2O4/c13-11-4-8(12(17)18)6-15(11)5-7-1-2-10(16(19)20)9(14)3-7/h1-4,6H,5H2,(H,17,18). The maximum atomic E-state index is 13.5. The quantitative estimate of drug-likeness (QED) is 0.683. The Morgan fingerprint density at radius 3 is 2.65 bits per heavy atom. The summed E-state index contributed by atoms with van der Waals surface area (Å²) >= 11 is 3.20. The number of aromatic carboxylic acids is 1. The van der Waals surface area contributed by atoms with E-state index in [9.17, 15) is 19.3 Å². The van der Waals surface area contributed by atoms with Crippen molar-refractivity contribution in [2.45, 2.75) is 6.54 Å². The van der Waals surface area contributed by atoms with E-state index in [1.54, 1.807) is 4.57 Å². The normalized spacial score (nSPS) is 10.5. The van der Waals surface area contributed by atoms with Gasteiger partial charge in [-0.15, -0.1) is 0 Å². The molecule has 0 radical (unpaired) electrons. The van der Waals surface area contributed by atoms with Crippen LogP contribution in [-0.4, -0.2) is 20.6 Å². The van der Waals surface area contributed by atoms with Crippen molar-refractivity contribution in [3.05, 3.63) is 62.1 Å². The van der Waals surface area contributed by atoms with Gasteiger partial charge in [-0.25, -0.2) is 4.79 Å². The minimum absolute atomic E-state index is 0.0965. The summed E-state index contributed by atoms with van der Waals surface area (Å²) < 4.78 is 15.6. The van der Waals surface area contributed by atoms with Crippen molar-refractivity contribution in [3.8, 4) is 0 Å². The summed E-state index contributed by atoms with van der Waals surface area (Å²) in [4.78, 5) is 20.5. The Bertz CT molecular complexity index is 699. The van der Waals surface area contributed by atoms with Gasteiger partial charge in [0.2, 0.25) is 5.82 Å². The highest BCUT2D eigenvalue weighted by Gasteiger charge is 2.15. The molecule has 8 heteroatoms. The van der Waals surface area contributed by atoms with Crippen LogP contribution in [0, 0.1) is 15.9 Å². The zero-order valence-electron chi connectivity index (χ0n) is 9.92. The van der Waals surface area contributed by atoms with Crippen LogP contribution in [0.15, 0.2) is 35.1 Å². The lowest BCUT2D eigenvalue weighted by Gasteiger charge is -2.05. The van der Waals surface area contributed by atoms with Gasteiger partial charge in [-0.1, -0.05) is 6.07 Å². The highest BCUT2D eigenvalue weighted by molar-refractivity contribution is 9.10. The first-order chi connectivity index (χ1) is 9.38. The smallest absolute Gasteiger partial charge is 0.337 e. The second-order valence-electron chi connectivity index (χ2n) is 4.03. The average Bonchev–Trinajstić information content (AvgIpc) is 2.71. The summed E-state index contributed by atoms with van der Waals surface area (Å²) in [5.41, 5.74) is -0.00727. The molecule has 0 bridgehead atoms. The van der Waals surface area contributed by atoms with Crippen molar-refractivity contribution < 1.29 is 19.2 Å². The largest absolute Gasteiger partial charge is 0.478 e. The van der Waals surface area contributed by atoms with Crippen LogP contribution in [0.4, 0.5) is 10.1 Å². The number of rotatable bonds is 4. The number of carboxylic acid groups (broad SMARTS) is 1. The van der Waals surface area contributed by atoms with Gasteiger partial charge >= 0.3 is 11.7 Å². The molecular formula is C12H8BrFN2O4. The van der Waals surface area contributed by atoms with E-state index in [-0.39, 0.29) is 12.1 Å². The van der Waals surface area contributed by atoms with Gasteiger partial charge in [-0.05, 0) is 33.6 Å². The van der Waals surface area contributed by atoms with Crippen LogP contribution in [0.3, 0.4) is 0 Å². The van der Waals surface area contributed by atoms with Gasteiger partial charge in [0, 0.05) is 18.8 Å². The Kier molecular flexibility index (Phi) is 3.84. The molecule has 0 saturated carbocycles. The topological polar surface area (TPSA) is 85.4 Å². The molecule has 0 amide bonds. The van der Waals surface area contributed by atoms with Gasteiger partial charge in [0.05, 0.1) is 15.1 Å². The molecule has 0 aliphatic carbocycles. The van der Waals surface area contributed by atoms with E-state index in [2.05, 4.69) is 15.9 Å². The van der Waals surface area contributed by atoms with E-state index < -0.39 is 22.4 Å². The molecule has 0 aliphatic heterocycles. The van der Waals surface area contributed by atoms with Crippen LogP contribution in [0.5, 0.6) is 0 Å².